The van der Waals surface area contributed by atoms with Gasteiger partial charge in [-0.15, -0.1) is 0 Å². The van der Waals surface area contributed by atoms with Gasteiger partial charge in [0.1, 0.15) is 5.82 Å². The van der Waals surface area contributed by atoms with Gasteiger partial charge in [0.2, 0.25) is 0 Å². The van der Waals surface area contributed by atoms with E-state index in [0.717, 1.165) is 18.3 Å². The molecule has 0 spiro atoms. The van der Waals surface area contributed by atoms with Crippen molar-refractivity contribution in [2.24, 2.45) is 11.7 Å². The molecule has 1 aromatic rings. The Morgan fingerprint density at radius 3 is 2.69 bits per heavy atom. The molecule has 0 saturated heterocycles. The van der Waals surface area contributed by atoms with Crippen molar-refractivity contribution in [3.05, 3.63) is 24.4 Å². The topological polar surface area (TPSA) is 42.1 Å². The van der Waals surface area contributed by atoms with Crippen LogP contribution in [0.15, 0.2) is 24.4 Å². The third-order valence-corrected chi connectivity index (χ3v) is 3.46. The number of rotatable bonds is 3. The van der Waals surface area contributed by atoms with Crippen LogP contribution >= 0.6 is 0 Å². The van der Waals surface area contributed by atoms with Gasteiger partial charge in [0.05, 0.1) is 0 Å². The lowest BCUT2D eigenvalue weighted by molar-refractivity contribution is 0.329. The van der Waals surface area contributed by atoms with Crippen LogP contribution in [0.4, 0.5) is 5.82 Å². The lowest BCUT2D eigenvalue weighted by atomic mass is 9.86. The number of nitrogens with two attached hydrogens (primary N) is 1. The molecule has 2 rings (SSSR count). The molecule has 0 atom stereocenters. The number of aromatic nitrogens is 1. The summed E-state index contributed by atoms with van der Waals surface area (Å²) in [4.78, 5) is 6.61. The van der Waals surface area contributed by atoms with E-state index in [1.165, 1.54) is 25.7 Å². The van der Waals surface area contributed by atoms with E-state index in [4.69, 9.17) is 5.73 Å². The second-order valence-electron chi connectivity index (χ2n) is 4.85. The SMILES string of the molecule is CN(CC1CCC(N)CC1)c1ccccn1. The lowest BCUT2D eigenvalue weighted by Crippen LogP contribution is -2.32. The Balaban J connectivity index is 1.86. The molecule has 2 N–H and O–H groups in total. The molecule has 88 valence electrons. The molecule has 0 bridgehead atoms. The zero-order chi connectivity index (χ0) is 11.4. The Bertz CT molecular complexity index is 304. The zero-order valence-corrected chi connectivity index (χ0v) is 9.97. The highest BCUT2D eigenvalue weighted by molar-refractivity contribution is 5.36. The van der Waals surface area contributed by atoms with Gasteiger partial charge in [-0.1, -0.05) is 6.07 Å². The molecule has 3 nitrogen and oxygen atoms in total. The van der Waals surface area contributed by atoms with Gasteiger partial charge >= 0.3 is 0 Å². The van der Waals surface area contributed by atoms with Crippen LogP contribution in [0.3, 0.4) is 0 Å². The first-order valence-electron chi connectivity index (χ1n) is 6.13. The molecule has 1 saturated carbocycles. The Labute approximate surface area is 97.7 Å². The molecular weight excluding hydrogens is 198 g/mol. The van der Waals surface area contributed by atoms with Crippen LogP contribution in [0, 0.1) is 5.92 Å². The Morgan fingerprint density at radius 2 is 2.06 bits per heavy atom. The second kappa shape index (κ2) is 5.30. The Hall–Kier alpha value is -1.09. The molecule has 0 aromatic carbocycles. The highest BCUT2D eigenvalue weighted by Crippen LogP contribution is 2.24. The van der Waals surface area contributed by atoms with E-state index in [-0.39, 0.29) is 0 Å². The van der Waals surface area contributed by atoms with Crippen molar-refractivity contribution >= 4 is 5.82 Å². The van der Waals surface area contributed by atoms with Crippen molar-refractivity contribution in [3.8, 4) is 0 Å². The summed E-state index contributed by atoms with van der Waals surface area (Å²) in [5.74, 6) is 1.85. The molecule has 16 heavy (non-hydrogen) atoms. The fraction of sp³-hybridized carbons (Fsp3) is 0.615. The van der Waals surface area contributed by atoms with Gasteiger partial charge in [-0.25, -0.2) is 4.98 Å². The monoisotopic (exact) mass is 219 g/mol. The van der Waals surface area contributed by atoms with Gasteiger partial charge < -0.3 is 10.6 Å². The maximum atomic E-state index is 5.91. The summed E-state index contributed by atoms with van der Waals surface area (Å²) in [6.07, 6.45) is 6.74. The first-order valence-corrected chi connectivity index (χ1v) is 6.13. The molecule has 0 unspecified atom stereocenters. The first-order chi connectivity index (χ1) is 7.75. The molecule has 1 heterocycles. The van der Waals surface area contributed by atoms with Crippen LogP contribution in [0.25, 0.3) is 0 Å². The highest BCUT2D eigenvalue weighted by atomic mass is 15.2. The number of hydrogen-bond donors (Lipinski definition) is 1. The average molecular weight is 219 g/mol. The molecule has 0 radical (unpaired) electrons. The predicted molar refractivity (Wildman–Crippen MR) is 67.4 cm³/mol. The largest absolute Gasteiger partial charge is 0.359 e. The molecule has 0 amide bonds. The molecule has 1 aromatic heterocycles. The van der Waals surface area contributed by atoms with E-state index in [9.17, 15) is 0 Å². The number of pyridine rings is 1. The normalized spacial score (nSPS) is 25.4. The third kappa shape index (κ3) is 2.95. The summed E-state index contributed by atoms with van der Waals surface area (Å²) in [6.45, 7) is 1.10. The van der Waals surface area contributed by atoms with E-state index in [0.29, 0.717) is 6.04 Å². The minimum Gasteiger partial charge on any atom is -0.359 e. The number of nitrogens with zero attached hydrogens (tertiary/aromatic N) is 2. The van der Waals surface area contributed by atoms with Gasteiger partial charge in [-0.05, 0) is 43.7 Å². The average Bonchev–Trinajstić information content (AvgIpc) is 2.33. The van der Waals surface area contributed by atoms with Crippen LogP contribution in [-0.2, 0) is 0 Å². The smallest absolute Gasteiger partial charge is 0.128 e. The van der Waals surface area contributed by atoms with Crippen molar-refractivity contribution in [2.45, 2.75) is 31.7 Å². The standard InChI is InChI=1S/C13H21N3/c1-16(13-4-2-3-9-15-13)10-11-5-7-12(14)8-6-11/h2-4,9,11-12H,5-8,10,14H2,1H3. The minimum absolute atomic E-state index is 0.441. The quantitative estimate of drug-likeness (QED) is 0.846. The van der Waals surface area contributed by atoms with Gasteiger partial charge in [-0.2, -0.15) is 0 Å². The second-order valence-corrected chi connectivity index (χ2v) is 4.85. The number of hydrogen-bond acceptors (Lipinski definition) is 3. The minimum atomic E-state index is 0.441. The fourth-order valence-electron chi connectivity index (χ4n) is 2.43. The van der Waals surface area contributed by atoms with E-state index in [1.54, 1.807) is 0 Å². The summed E-state index contributed by atoms with van der Waals surface area (Å²) in [5.41, 5.74) is 5.91. The van der Waals surface area contributed by atoms with Crippen molar-refractivity contribution in [1.82, 2.24) is 4.98 Å². The van der Waals surface area contributed by atoms with Gasteiger partial charge in [-0.3, -0.25) is 0 Å². The van der Waals surface area contributed by atoms with Crippen molar-refractivity contribution < 1.29 is 0 Å². The van der Waals surface area contributed by atoms with Crippen LogP contribution in [0.2, 0.25) is 0 Å². The molecule has 0 aliphatic heterocycles. The van der Waals surface area contributed by atoms with E-state index < -0.39 is 0 Å². The zero-order valence-electron chi connectivity index (χ0n) is 9.97. The lowest BCUT2D eigenvalue weighted by Gasteiger charge is -2.30. The summed E-state index contributed by atoms with van der Waals surface area (Å²) >= 11 is 0. The highest BCUT2D eigenvalue weighted by Gasteiger charge is 2.19. The molecule has 1 fully saturated rings. The Morgan fingerprint density at radius 1 is 1.31 bits per heavy atom. The molecular formula is C13H21N3. The maximum absolute atomic E-state index is 5.91. The van der Waals surface area contributed by atoms with Crippen LogP contribution in [0.1, 0.15) is 25.7 Å². The van der Waals surface area contributed by atoms with Crippen LogP contribution in [-0.4, -0.2) is 24.6 Å². The van der Waals surface area contributed by atoms with Crippen molar-refractivity contribution in [1.29, 1.82) is 0 Å². The van der Waals surface area contributed by atoms with Crippen LogP contribution < -0.4 is 10.6 Å². The molecule has 1 aliphatic rings. The van der Waals surface area contributed by atoms with Crippen LogP contribution in [0.5, 0.6) is 0 Å². The third-order valence-electron chi connectivity index (χ3n) is 3.46. The summed E-state index contributed by atoms with van der Waals surface area (Å²) < 4.78 is 0. The van der Waals surface area contributed by atoms with Gasteiger partial charge in [0.15, 0.2) is 0 Å². The Kier molecular flexibility index (Phi) is 3.78. The van der Waals surface area contributed by atoms with Gasteiger partial charge in [0.25, 0.3) is 0 Å². The van der Waals surface area contributed by atoms with E-state index in [2.05, 4.69) is 23.0 Å². The van der Waals surface area contributed by atoms with Gasteiger partial charge in [0, 0.05) is 25.8 Å². The molecule has 1 aliphatic carbocycles. The fourth-order valence-corrected chi connectivity index (χ4v) is 2.43. The maximum Gasteiger partial charge on any atom is 0.128 e. The summed E-state index contributed by atoms with van der Waals surface area (Å²) in [6, 6.07) is 6.50. The van der Waals surface area contributed by atoms with Crippen molar-refractivity contribution in [2.75, 3.05) is 18.5 Å². The summed E-state index contributed by atoms with van der Waals surface area (Å²) in [5, 5.41) is 0. The van der Waals surface area contributed by atoms with E-state index >= 15 is 0 Å². The van der Waals surface area contributed by atoms with Crippen molar-refractivity contribution in [3.63, 3.8) is 0 Å². The van der Waals surface area contributed by atoms with E-state index in [1.807, 2.05) is 18.3 Å². The number of anilines is 1. The predicted octanol–water partition coefficient (Wildman–Crippen LogP) is 2.04. The first kappa shape index (κ1) is 11.4. The summed E-state index contributed by atoms with van der Waals surface area (Å²) in [7, 11) is 2.12. The molecule has 3 heteroatoms.